The highest BCUT2D eigenvalue weighted by atomic mass is 16.5. The molecule has 0 amide bonds. The van der Waals surface area contributed by atoms with Gasteiger partial charge in [-0.15, -0.1) is 0 Å². The summed E-state index contributed by atoms with van der Waals surface area (Å²) >= 11 is 0. The van der Waals surface area contributed by atoms with E-state index < -0.39 is 0 Å². The molecule has 0 saturated carbocycles. The van der Waals surface area contributed by atoms with Crippen molar-refractivity contribution in [3.63, 3.8) is 0 Å². The molecule has 1 atom stereocenters. The Kier molecular flexibility index (Phi) is 4.82. The van der Waals surface area contributed by atoms with Crippen LogP contribution in [-0.2, 0) is 0 Å². The second-order valence-corrected chi connectivity index (χ2v) is 4.95. The van der Waals surface area contributed by atoms with Crippen LogP contribution >= 0.6 is 0 Å². The smallest absolute Gasteiger partial charge is 0.120 e. The van der Waals surface area contributed by atoms with Gasteiger partial charge in [-0.05, 0) is 52.0 Å². The normalized spacial score (nSPS) is 13.2. The van der Waals surface area contributed by atoms with Gasteiger partial charge in [-0.25, -0.2) is 0 Å². The Morgan fingerprint density at radius 1 is 1.18 bits per heavy atom. The maximum Gasteiger partial charge on any atom is 0.120 e. The van der Waals surface area contributed by atoms with E-state index in [2.05, 4.69) is 0 Å². The van der Waals surface area contributed by atoms with E-state index in [-0.39, 0.29) is 11.6 Å². The summed E-state index contributed by atoms with van der Waals surface area (Å²) in [4.78, 5) is 0. The SMILES string of the molecule is CCOc1ccc(OC(C)(C)CC(C)N)cc1. The van der Waals surface area contributed by atoms with Crippen molar-refractivity contribution < 1.29 is 9.47 Å². The number of ether oxygens (including phenoxy) is 2. The second-order valence-electron chi connectivity index (χ2n) is 4.95. The Balaban J connectivity index is 2.62. The molecule has 0 radical (unpaired) electrons. The molecule has 0 fully saturated rings. The average Bonchev–Trinajstić information content (AvgIpc) is 2.18. The Morgan fingerprint density at radius 2 is 1.71 bits per heavy atom. The molecule has 0 aliphatic rings. The molecule has 0 spiro atoms. The molecule has 1 aromatic carbocycles. The molecule has 0 aliphatic carbocycles. The van der Waals surface area contributed by atoms with Gasteiger partial charge in [-0.3, -0.25) is 0 Å². The Labute approximate surface area is 104 Å². The first kappa shape index (κ1) is 13.8. The molecule has 1 unspecified atom stereocenters. The first-order chi connectivity index (χ1) is 7.93. The Hall–Kier alpha value is -1.22. The van der Waals surface area contributed by atoms with Crippen molar-refractivity contribution in [2.24, 2.45) is 5.73 Å². The zero-order valence-electron chi connectivity index (χ0n) is 11.2. The van der Waals surface area contributed by atoms with Crippen LogP contribution in [0.5, 0.6) is 11.5 Å². The van der Waals surface area contributed by atoms with Crippen molar-refractivity contribution in [3.8, 4) is 11.5 Å². The van der Waals surface area contributed by atoms with Crippen molar-refractivity contribution in [2.45, 2.75) is 45.8 Å². The van der Waals surface area contributed by atoms with E-state index in [1.54, 1.807) is 0 Å². The summed E-state index contributed by atoms with van der Waals surface area (Å²) in [5.41, 5.74) is 5.55. The number of hydrogen-bond donors (Lipinski definition) is 1. The van der Waals surface area contributed by atoms with Crippen LogP contribution in [0.1, 0.15) is 34.1 Å². The van der Waals surface area contributed by atoms with Crippen LogP contribution in [0.25, 0.3) is 0 Å². The highest BCUT2D eigenvalue weighted by Crippen LogP contribution is 2.24. The summed E-state index contributed by atoms with van der Waals surface area (Å²) < 4.78 is 11.3. The van der Waals surface area contributed by atoms with Crippen LogP contribution in [0, 0.1) is 0 Å². The molecule has 3 heteroatoms. The summed E-state index contributed by atoms with van der Waals surface area (Å²) in [7, 11) is 0. The van der Waals surface area contributed by atoms with E-state index in [1.165, 1.54) is 0 Å². The number of nitrogens with two attached hydrogens (primary N) is 1. The predicted molar refractivity (Wildman–Crippen MR) is 70.6 cm³/mol. The largest absolute Gasteiger partial charge is 0.494 e. The van der Waals surface area contributed by atoms with Crippen molar-refractivity contribution >= 4 is 0 Å². The molecular weight excluding hydrogens is 214 g/mol. The zero-order chi connectivity index (χ0) is 12.9. The zero-order valence-corrected chi connectivity index (χ0v) is 11.2. The quantitative estimate of drug-likeness (QED) is 0.827. The van der Waals surface area contributed by atoms with Gasteiger partial charge in [-0.1, -0.05) is 0 Å². The summed E-state index contributed by atoms with van der Waals surface area (Å²) in [6.45, 7) is 8.73. The maximum absolute atomic E-state index is 5.91. The molecule has 0 bridgehead atoms. The van der Waals surface area contributed by atoms with E-state index in [1.807, 2.05) is 52.0 Å². The molecule has 0 heterocycles. The Bertz CT molecular complexity index is 331. The van der Waals surface area contributed by atoms with E-state index in [4.69, 9.17) is 15.2 Å². The minimum atomic E-state index is -0.249. The van der Waals surface area contributed by atoms with E-state index in [0.29, 0.717) is 6.61 Å². The van der Waals surface area contributed by atoms with Crippen molar-refractivity contribution in [1.29, 1.82) is 0 Å². The van der Waals surface area contributed by atoms with Crippen molar-refractivity contribution in [3.05, 3.63) is 24.3 Å². The number of hydrogen-bond acceptors (Lipinski definition) is 3. The van der Waals surface area contributed by atoms with Gasteiger partial charge in [0.25, 0.3) is 0 Å². The fourth-order valence-electron chi connectivity index (χ4n) is 1.91. The third-order valence-electron chi connectivity index (χ3n) is 2.34. The minimum Gasteiger partial charge on any atom is -0.494 e. The highest BCUT2D eigenvalue weighted by molar-refractivity contribution is 5.31. The van der Waals surface area contributed by atoms with E-state index in [9.17, 15) is 0 Å². The number of benzene rings is 1. The lowest BCUT2D eigenvalue weighted by Gasteiger charge is -2.28. The lowest BCUT2D eigenvalue weighted by atomic mass is 10.0. The molecule has 3 nitrogen and oxygen atoms in total. The standard InChI is InChI=1S/C14H23NO2/c1-5-16-12-6-8-13(9-7-12)17-14(3,4)10-11(2)15/h6-9,11H,5,10,15H2,1-4H3. The van der Waals surface area contributed by atoms with Crippen LogP contribution in [-0.4, -0.2) is 18.2 Å². The second kappa shape index (κ2) is 5.92. The summed E-state index contributed by atoms with van der Waals surface area (Å²) in [6, 6.07) is 7.82. The van der Waals surface area contributed by atoms with Gasteiger partial charge < -0.3 is 15.2 Å². The van der Waals surface area contributed by atoms with Gasteiger partial charge in [0.2, 0.25) is 0 Å². The summed E-state index contributed by atoms with van der Waals surface area (Å²) in [5.74, 6) is 1.71. The van der Waals surface area contributed by atoms with Crippen molar-refractivity contribution in [2.75, 3.05) is 6.61 Å². The molecular formula is C14H23NO2. The molecule has 0 aliphatic heterocycles. The summed E-state index contributed by atoms with van der Waals surface area (Å²) in [6.07, 6.45) is 0.820. The molecule has 1 rings (SSSR count). The minimum absolute atomic E-state index is 0.132. The molecule has 0 saturated heterocycles. The van der Waals surface area contributed by atoms with E-state index >= 15 is 0 Å². The lowest BCUT2D eigenvalue weighted by molar-refractivity contribution is 0.0932. The molecule has 0 aromatic heterocycles. The molecule has 17 heavy (non-hydrogen) atoms. The number of rotatable bonds is 6. The monoisotopic (exact) mass is 237 g/mol. The van der Waals surface area contributed by atoms with Gasteiger partial charge >= 0.3 is 0 Å². The topological polar surface area (TPSA) is 44.5 Å². The van der Waals surface area contributed by atoms with Crippen molar-refractivity contribution in [1.82, 2.24) is 0 Å². The first-order valence-corrected chi connectivity index (χ1v) is 6.10. The Morgan fingerprint density at radius 3 is 2.18 bits per heavy atom. The summed E-state index contributed by atoms with van der Waals surface area (Å²) in [5, 5.41) is 0. The van der Waals surface area contributed by atoms with E-state index in [0.717, 1.165) is 17.9 Å². The van der Waals surface area contributed by atoms with Gasteiger partial charge in [0, 0.05) is 12.5 Å². The van der Waals surface area contributed by atoms with Gasteiger partial charge in [0.1, 0.15) is 17.1 Å². The lowest BCUT2D eigenvalue weighted by Crippen LogP contribution is -2.35. The van der Waals surface area contributed by atoms with Gasteiger partial charge in [0.15, 0.2) is 0 Å². The van der Waals surface area contributed by atoms with Gasteiger partial charge in [0.05, 0.1) is 6.61 Å². The van der Waals surface area contributed by atoms with Crippen LogP contribution in [0.15, 0.2) is 24.3 Å². The van der Waals surface area contributed by atoms with Crippen LogP contribution in [0.2, 0.25) is 0 Å². The average molecular weight is 237 g/mol. The van der Waals surface area contributed by atoms with Crippen LogP contribution in [0.3, 0.4) is 0 Å². The highest BCUT2D eigenvalue weighted by Gasteiger charge is 2.21. The fourth-order valence-corrected chi connectivity index (χ4v) is 1.91. The third-order valence-corrected chi connectivity index (χ3v) is 2.34. The van der Waals surface area contributed by atoms with Gasteiger partial charge in [-0.2, -0.15) is 0 Å². The van der Waals surface area contributed by atoms with Crippen LogP contribution in [0.4, 0.5) is 0 Å². The third kappa shape index (κ3) is 5.09. The molecule has 96 valence electrons. The predicted octanol–water partition coefficient (Wildman–Crippen LogP) is 2.98. The fraction of sp³-hybridized carbons (Fsp3) is 0.571. The maximum atomic E-state index is 5.91. The van der Waals surface area contributed by atoms with Crippen LogP contribution < -0.4 is 15.2 Å². The molecule has 2 N–H and O–H groups in total. The first-order valence-electron chi connectivity index (χ1n) is 6.10. The molecule has 1 aromatic rings.